The summed E-state index contributed by atoms with van der Waals surface area (Å²) >= 11 is 7.49. The van der Waals surface area contributed by atoms with E-state index in [-0.39, 0.29) is 23.5 Å². The molecule has 1 saturated heterocycles. The lowest BCUT2D eigenvalue weighted by Gasteiger charge is -2.38. The standard InChI is InChI=1S/C21H26ClN5O3S2/c1-4-21(14-28)7-9-27(10-8-21)20-24-16-6-5-15(11-17(16)31-20)32(29,30)25(2)13-19-23-12-18(22)26(19)3/h4-6,11-12,28H,1,7-10,13-14H2,2-3H3. The van der Waals surface area contributed by atoms with Crippen molar-refractivity contribution in [1.82, 2.24) is 18.8 Å². The van der Waals surface area contributed by atoms with Gasteiger partial charge in [-0.15, -0.1) is 6.58 Å². The fraction of sp³-hybridized carbons (Fsp3) is 0.429. The van der Waals surface area contributed by atoms with Crippen LogP contribution in [0.1, 0.15) is 18.7 Å². The number of anilines is 1. The zero-order valence-corrected chi connectivity index (χ0v) is 20.4. The maximum Gasteiger partial charge on any atom is 0.243 e. The number of hydrogen-bond acceptors (Lipinski definition) is 7. The molecule has 0 radical (unpaired) electrons. The van der Waals surface area contributed by atoms with E-state index in [1.165, 1.54) is 28.9 Å². The fourth-order valence-electron chi connectivity index (χ4n) is 3.79. The van der Waals surface area contributed by atoms with Crippen LogP contribution in [0.3, 0.4) is 0 Å². The van der Waals surface area contributed by atoms with E-state index in [1.807, 2.05) is 6.08 Å². The number of imidazole rings is 1. The first-order valence-electron chi connectivity index (χ1n) is 10.2. The first-order valence-corrected chi connectivity index (χ1v) is 12.8. The number of piperidine rings is 1. The molecule has 8 nitrogen and oxygen atoms in total. The van der Waals surface area contributed by atoms with Crippen molar-refractivity contribution in [2.45, 2.75) is 24.3 Å². The van der Waals surface area contributed by atoms with Crippen LogP contribution in [0.4, 0.5) is 5.13 Å². The van der Waals surface area contributed by atoms with Gasteiger partial charge in [0.05, 0.1) is 34.5 Å². The minimum Gasteiger partial charge on any atom is -0.395 e. The van der Waals surface area contributed by atoms with Gasteiger partial charge in [-0.05, 0) is 31.0 Å². The van der Waals surface area contributed by atoms with Crippen LogP contribution in [-0.4, -0.2) is 59.1 Å². The zero-order valence-electron chi connectivity index (χ0n) is 18.0. The smallest absolute Gasteiger partial charge is 0.243 e. The highest BCUT2D eigenvalue weighted by atomic mass is 35.5. The first kappa shape index (κ1) is 23.2. The molecule has 1 fully saturated rings. The van der Waals surface area contributed by atoms with Gasteiger partial charge in [0, 0.05) is 32.6 Å². The molecule has 0 bridgehead atoms. The van der Waals surface area contributed by atoms with Gasteiger partial charge in [-0.3, -0.25) is 0 Å². The Bertz CT molecular complexity index is 1250. The summed E-state index contributed by atoms with van der Waals surface area (Å²) in [6.07, 6.45) is 4.98. The molecular weight excluding hydrogens is 470 g/mol. The van der Waals surface area contributed by atoms with E-state index in [0.29, 0.717) is 11.0 Å². The molecule has 11 heteroatoms. The fourth-order valence-corrected chi connectivity index (χ4v) is 6.22. The third kappa shape index (κ3) is 4.17. The van der Waals surface area contributed by atoms with Gasteiger partial charge in [-0.1, -0.05) is 29.0 Å². The molecule has 32 heavy (non-hydrogen) atoms. The molecule has 172 valence electrons. The number of aliphatic hydroxyl groups is 1. The van der Waals surface area contributed by atoms with Crippen molar-refractivity contribution in [2.24, 2.45) is 12.5 Å². The average Bonchev–Trinajstić information content (AvgIpc) is 3.37. The molecule has 0 aliphatic carbocycles. The van der Waals surface area contributed by atoms with Gasteiger partial charge in [0.15, 0.2) is 5.13 Å². The second-order valence-electron chi connectivity index (χ2n) is 8.15. The van der Waals surface area contributed by atoms with Gasteiger partial charge < -0.3 is 14.6 Å². The summed E-state index contributed by atoms with van der Waals surface area (Å²) in [6.45, 7) is 5.63. The second-order valence-corrected chi connectivity index (χ2v) is 11.6. The van der Waals surface area contributed by atoms with Crippen LogP contribution in [0.2, 0.25) is 5.15 Å². The number of rotatable bonds is 7. The van der Waals surface area contributed by atoms with Crippen LogP contribution in [0.5, 0.6) is 0 Å². The van der Waals surface area contributed by atoms with Crippen LogP contribution in [0, 0.1) is 5.41 Å². The van der Waals surface area contributed by atoms with Crippen molar-refractivity contribution in [3.05, 3.63) is 48.0 Å². The molecule has 1 aliphatic heterocycles. The molecular formula is C21H26ClN5O3S2. The predicted octanol–water partition coefficient (Wildman–Crippen LogP) is 3.27. The number of aromatic nitrogens is 3. The highest BCUT2D eigenvalue weighted by Crippen LogP contribution is 2.37. The zero-order chi connectivity index (χ0) is 23.1. The van der Waals surface area contributed by atoms with E-state index >= 15 is 0 Å². The molecule has 0 spiro atoms. The van der Waals surface area contributed by atoms with Gasteiger partial charge in [-0.25, -0.2) is 18.4 Å². The molecule has 3 heterocycles. The van der Waals surface area contributed by atoms with Crippen molar-refractivity contribution >= 4 is 48.3 Å². The predicted molar refractivity (Wildman–Crippen MR) is 128 cm³/mol. The van der Waals surface area contributed by atoms with Crippen LogP contribution >= 0.6 is 22.9 Å². The second kappa shape index (κ2) is 8.75. The lowest BCUT2D eigenvalue weighted by Crippen LogP contribution is -2.40. The quantitative estimate of drug-likeness (QED) is 0.506. The molecule has 0 saturated carbocycles. The summed E-state index contributed by atoms with van der Waals surface area (Å²) in [5.41, 5.74) is 0.543. The summed E-state index contributed by atoms with van der Waals surface area (Å²) in [6, 6.07) is 5.02. The van der Waals surface area contributed by atoms with Gasteiger partial charge in [0.25, 0.3) is 0 Å². The topological polar surface area (TPSA) is 91.6 Å². The van der Waals surface area contributed by atoms with Crippen LogP contribution in [0.15, 0.2) is 41.9 Å². The summed E-state index contributed by atoms with van der Waals surface area (Å²) in [7, 11) is -0.436. The molecule has 1 aromatic carbocycles. The summed E-state index contributed by atoms with van der Waals surface area (Å²) in [5.74, 6) is 0.561. The Balaban J connectivity index is 1.55. The van der Waals surface area contributed by atoms with E-state index in [4.69, 9.17) is 16.6 Å². The Labute approximate surface area is 196 Å². The molecule has 0 atom stereocenters. The van der Waals surface area contributed by atoms with Crippen molar-refractivity contribution in [1.29, 1.82) is 0 Å². The summed E-state index contributed by atoms with van der Waals surface area (Å²) < 4.78 is 30.0. The lowest BCUT2D eigenvalue weighted by molar-refractivity contribution is 0.141. The third-order valence-electron chi connectivity index (χ3n) is 6.23. The number of fused-ring (bicyclic) bond motifs is 1. The minimum atomic E-state index is -3.71. The molecule has 0 unspecified atom stereocenters. The van der Waals surface area contributed by atoms with E-state index in [2.05, 4.69) is 16.5 Å². The number of sulfonamides is 1. The Kier molecular flexibility index (Phi) is 6.34. The Morgan fingerprint density at radius 1 is 1.38 bits per heavy atom. The van der Waals surface area contributed by atoms with Crippen LogP contribution < -0.4 is 4.90 Å². The molecule has 2 aromatic heterocycles. The largest absolute Gasteiger partial charge is 0.395 e. The maximum atomic E-state index is 13.1. The average molecular weight is 496 g/mol. The number of halogens is 1. The highest BCUT2D eigenvalue weighted by molar-refractivity contribution is 7.89. The summed E-state index contributed by atoms with van der Waals surface area (Å²) in [5, 5.41) is 11.0. The normalized spacial score (nSPS) is 16.7. The molecule has 1 aliphatic rings. The third-order valence-corrected chi connectivity index (χ3v) is 9.46. The van der Waals surface area contributed by atoms with E-state index in [9.17, 15) is 13.5 Å². The number of aliphatic hydroxyl groups excluding tert-OH is 1. The van der Waals surface area contributed by atoms with Crippen molar-refractivity contribution in [3.8, 4) is 0 Å². The first-order chi connectivity index (χ1) is 15.2. The van der Waals surface area contributed by atoms with Gasteiger partial charge in [0.1, 0.15) is 11.0 Å². The van der Waals surface area contributed by atoms with E-state index in [0.717, 1.165) is 41.3 Å². The highest BCUT2D eigenvalue weighted by Gasteiger charge is 2.32. The Morgan fingerprint density at radius 2 is 2.09 bits per heavy atom. The van der Waals surface area contributed by atoms with E-state index in [1.54, 1.807) is 29.8 Å². The number of thiazole rings is 1. The number of nitrogens with zero attached hydrogens (tertiary/aromatic N) is 5. The Hall–Kier alpha value is -1.98. The summed E-state index contributed by atoms with van der Waals surface area (Å²) in [4.78, 5) is 11.3. The molecule has 4 rings (SSSR count). The Morgan fingerprint density at radius 3 is 2.69 bits per heavy atom. The van der Waals surface area contributed by atoms with E-state index < -0.39 is 10.0 Å². The minimum absolute atomic E-state index is 0.101. The number of hydrogen-bond donors (Lipinski definition) is 1. The molecule has 3 aromatic rings. The van der Waals surface area contributed by atoms with Crippen molar-refractivity contribution in [2.75, 3.05) is 31.6 Å². The maximum absolute atomic E-state index is 13.1. The van der Waals surface area contributed by atoms with Crippen molar-refractivity contribution < 1.29 is 13.5 Å². The van der Waals surface area contributed by atoms with Gasteiger partial charge in [-0.2, -0.15) is 4.31 Å². The van der Waals surface area contributed by atoms with Crippen LogP contribution in [-0.2, 0) is 23.6 Å². The lowest BCUT2D eigenvalue weighted by atomic mass is 9.79. The van der Waals surface area contributed by atoms with Crippen LogP contribution in [0.25, 0.3) is 10.2 Å². The molecule has 1 N–H and O–H groups in total. The number of benzene rings is 1. The SMILES string of the molecule is C=CC1(CO)CCN(c2nc3ccc(S(=O)(=O)N(C)Cc4ncc(Cl)n4C)cc3s2)CC1. The van der Waals surface area contributed by atoms with Gasteiger partial charge in [0.2, 0.25) is 10.0 Å². The van der Waals surface area contributed by atoms with Gasteiger partial charge >= 0.3 is 0 Å². The monoisotopic (exact) mass is 495 g/mol. The molecule has 0 amide bonds. The van der Waals surface area contributed by atoms with Crippen molar-refractivity contribution in [3.63, 3.8) is 0 Å².